The fraction of sp³-hybridized carbons (Fsp3) is 0.500. The average Bonchev–Trinajstić information content (AvgIpc) is 3.19. The van der Waals surface area contributed by atoms with Crippen molar-refractivity contribution in [3.05, 3.63) is 36.0 Å². The molecule has 4 rings (SSSR count). The maximum atomic E-state index is 13.0. The quantitative estimate of drug-likeness (QED) is 0.913. The number of fused-ring (bicyclic) bond motifs is 1. The number of para-hydroxylation sites is 1. The van der Waals surface area contributed by atoms with Crippen LogP contribution >= 0.6 is 0 Å². The molecule has 0 aliphatic carbocycles. The number of H-pyrrole nitrogens is 1. The fourth-order valence-electron chi connectivity index (χ4n) is 4.02. The Morgan fingerprint density at radius 1 is 1.00 bits per heavy atom. The van der Waals surface area contributed by atoms with Crippen molar-refractivity contribution in [2.24, 2.45) is 0 Å². The summed E-state index contributed by atoms with van der Waals surface area (Å²) >= 11 is 0. The van der Waals surface area contributed by atoms with Crippen LogP contribution in [0, 0.1) is 0 Å². The molecule has 0 atom stereocenters. The summed E-state index contributed by atoms with van der Waals surface area (Å²) in [5, 5.41) is 0.992. The Bertz CT molecular complexity index is 800. The van der Waals surface area contributed by atoms with Crippen LogP contribution in [0.2, 0.25) is 0 Å². The van der Waals surface area contributed by atoms with E-state index in [1.54, 1.807) is 0 Å². The second-order valence-electron chi connectivity index (χ2n) is 7.22. The molecule has 2 fully saturated rings. The molecule has 1 N–H and O–H groups in total. The number of likely N-dealkylation sites (tertiary alicyclic amines) is 1. The summed E-state index contributed by atoms with van der Waals surface area (Å²) < 4.78 is 0. The number of carbonyl (C=O) groups is 2. The predicted molar refractivity (Wildman–Crippen MR) is 101 cm³/mol. The first kappa shape index (κ1) is 17.1. The molecule has 0 unspecified atom stereocenters. The number of rotatable bonds is 4. The van der Waals surface area contributed by atoms with Gasteiger partial charge in [-0.2, -0.15) is 0 Å². The van der Waals surface area contributed by atoms with Crippen LogP contribution in [0.15, 0.2) is 30.5 Å². The lowest BCUT2D eigenvalue weighted by molar-refractivity contribution is -0.127. The van der Waals surface area contributed by atoms with Crippen LogP contribution in [-0.2, 0) is 4.79 Å². The summed E-state index contributed by atoms with van der Waals surface area (Å²) in [5.41, 5.74) is 1.76. The van der Waals surface area contributed by atoms with Gasteiger partial charge in [0.2, 0.25) is 5.91 Å². The van der Waals surface area contributed by atoms with Gasteiger partial charge in [-0.05, 0) is 25.5 Å². The molecule has 2 aromatic rings. The zero-order valence-corrected chi connectivity index (χ0v) is 15.1. The summed E-state index contributed by atoms with van der Waals surface area (Å²) in [5.74, 6) is 0.398. The Morgan fingerprint density at radius 3 is 2.73 bits per heavy atom. The van der Waals surface area contributed by atoms with Gasteiger partial charge in [0, 0.05) is 62.8 Å². The third kappa shape index (κ3) is 3.46. The van der Waals surface area contributed by atoms with E-state index < -0.39 is 0 Å². The standard InChI is InChI=1S/C20H26N4O2/c25-19-7-3-9-23(19)13-11-22-8-4-10-24(14-12-22)20(26)17-15-21-18-6-2-1-5-16(17)18/h1-2,5-6,15,21H,3-4,7-14H2. The molecule has 6 heteroatoms. The molecule has 2 amide bonds. The smallest absolute Gasteiger partial charge is 0.256 e. The number of aromatic amines is 1. The van der Waals surface area contributed by atoms with Gasteiger partial charge in [-0.15, -0.1) is 0 Å². The zero-order valence-electron chi connectivity index (χ0n) is 15.1. The summed E-state index contributed by atoms with van der Waals surface area (Å²) in [6, 6.07) is 7.94. The molecule has 0 bridgehead atoms. The molecule has 6 nitrogen and oxygen atoms in total. The molecule has 2 aliphatic rings. The molecule has 3 heterocycles. The van der Waals surface area contributed by atoms with E-state index in [1.807, 2.05) is 40.3 Å². The van der Waals surface area contributed by atoms with Crippen LogP contribution in [0.3, 0.4) is 0 Å². The molecule has 26 heavy (non-hydrogen) atoms. The van der Waals surface area contributed by atoms with Gasteiger partial charge in [-0.1, -0.05) is 18.2 Å². The van der Waals surface area contributed by atoms with E-state index in [0.29, 0.717) is 6.42 Å². The highest BCUT2D eigenvalue weighted by Crippen LogP contribution is 2.20. The van der Waals surface area contributed by atoms with Crippen molar-refractivity contribution in [1.82, 2.24) is 19.7 Å². The van der Waals surface area contributed by atoms with Crippen LogP contribution in [0.4, 0.5) is 0 Å². The summed E-state index contributed by atoms with van der Waals surface area (Å²) in [4.78, 5) is 34.2. The van der Waals surface area contributed by atoms with Gasteiger partial charge >= 0.3 is 0 Å². The third-order valence-electron chi connectivity index (χ3n) is 5.55. The summed E-state index contributed by atoms with van der Waals surface area (Å²) in [6.07, 6.45) is 4.50. The van der Waals surface area contributed by atoms with Crippen molar-refractivity contribution in [3.8, 4) is 0 Å². The van der Waals surface area contributed by atoms with Gasteiger partial charge in [-0.25, -0.2) is 0 Å². The summed E-state index contributed by atoms with van der Waals surface area (Å²) in [6.45, 7) is 6.01. The molecular formula is C20H26N4O2. The fourth-order valence-corrected chi connectivity index (χ4v) is 4.02. The van der Waals surface area contributed by atoms with Gasteiger partial charge in [0.1, 0.15) is 0 Å². The molecule has 138 valence electrons. The number of nitrogens with zero attached hydrogens (tertiary/aromatic N) is 3. The lowest BCUT2D eigenvalue weighted by Gasteiger charge is -2.24. The van der Waals surface area contributed by atoms with Crippen LogP contribution < -0.4 is 0 Å². The predicted octanol–water partition coefficient (Wildman–Crippen LogP) is 1.94. The minimum Gasteiger partial charge on any atom is -0.360 e. The van der Waals surface area contributed by atoms with E-state index in [9.17, 15) is 9.59 Å². The van der Waals surface area contributed by atoms with Crippen molar-refractivity contribution < 1.29 is 9.59 Å². The number of carbonyl (C=O) groups excluding carboxylic acids is 2. The number of hydrogen-bond donors (Lipinski definition) is 1. The number of aromatic nitrogens is 1. The second kappa shape index (κ2) is 7.50. The molecule has 0 saturated carbocycles. The Balaban J connectivity index is 1.36. The number of amides is 2. The first-order chi connectivity index (χ1) is 12.7. The van der Waals surface area contributed by atoms with E-state index in [4.69, 9.17) is 0 Å². The van der Waals surface area contributed by atoms with E-state index in [1.165, 1.54) is 0 Å². The van der Waals surface area contributed by atoms with Crippen molar-refractivity contribution in [3.63, 3.8) is 0 Å². The third-order valence-corrected chi connectivity index (χ3v) is 5.55. The van der Waals surface area contributed by atoms with Crippen molar-refractivity contribution in [2.45, 2.75) is 19.3 Å². The first-order valence-corrected chi connectivity index (χ1v) is 9.58. The van der Waals surface area contributed by atoms with Crippen LogP contribution in [0.25, 0.3) is 10.9 Å². The first-order valence-electron chi connectivity index (χ1n) is 9.58. The van der Waals surface area contributed by atoms with E-state index in [2.05, 4.69) is 9.88 Å². The Hall–Kier alpha value is -2.34. The highest BCUT2D eigenvalue weighted by molar-refractivity contribution is 6.06. The van der Waals surface area contributed by atoms with E-state index in [-0.39, 0.29) is 11.8 Å². The lowest BCUT2D eigenvalue weighted by Crippen LogP contribution is -2.38. The maximum Gasteiger partial charge on any atom is 0.256 e. The maximum absolute atomic E-state index is 13.0. The topological polar surface area (TPSA) is 59.7 Å². The minimum atomic E-state index is 0.110. The molecule has 1 aromatic carbocycles. The Labute approximate surface area is 153 Å². The SMILES string of the molecule is O=C1CCCN1CCN1CCCN(C(=O)c2c[nH]c3ccccc23)CC1. The molecule has 2 aliphatic heterocycles. The van der Waals surface area contributed by atoms with Gasteiger partial charge in [0.05, 0.1) is 5.56 Å². The average molecular weight is 354 g/mol. The molecule has 0 spiro atoms. The van der Waals surface area contributed by atoms with Gasteiger partial charge < -0.3 is 14.8 Å². The highest BCUT2D eigenvalue weighted by Gasteiger charge is 2.24. The van der Waals surface area contributed by atoms with Crippen LogP contribution in [0.5, 0.6) is 0 Å². The monoisotopic (exact) mass is 354 g/mol. The highest BCUT2D eigenvalue weighted by atomic mass is 16.2. The minimum absolute atomic E-state index is 0.110. The normalized spacial score (nSPS) is 19.3. The Morgan fingerprint density at radius 2 is 1.88 bits per heavy atom. The zero-order chi connectivity index (χ0) is 17.9. The molecule has 0 radical (unpaired) electrons. The molecule has 2 saturated heterocycles. The Kier molecular flexibility index (Phi) is 4.93. The van der Waals surface area contributed by atoms with Crippen LogP contribution in [-0.4, -0.2) is 77.3 Å². The van der Waals surface area contributed by atoms with Gasteiger partial charge in [0.25, 0.3) is 5.91 Å². The van der Waals surface area contributed by atoms with Gasteiger partial charge in [0.15, 0.2) is 0 Å². The summed E-state index contributed by atoms with van der Waals surface area (Å²) in [7, 11) is 0. The number of nitrogens with one attached hydrogen (secondary N) is 1. The number of hydrogen-bond acceptors (Lipinski definition) is 3. The van der Waals surface area contributed by atoms with E-state index >= 15 is 0 Å². The second-order valence-corrected chi connectivity index (χ2v) is 7.22. The lowest BCUT2D eigenvalue weighted by atomic mass is 10.1. The van der Waals surface area contributed by atoms with Crippen molar-refractivity contribution in [2.75, 3.05) is 45.8 Å². The van der Waals surface area contributed by atoms with Crippen LogP contribution in [0.1, 0.15) is 29.6 Å². The molecule has 1 aromatic heterocycles. The van der Waals surface area contributed by atoms with Crippen molar-refractivity contribution >= 4 is 22.7 Å². The van der Waals surface area contributed by atoms with E-state index in [0.717, 1.165) is 75.1 Å². The van der Waals surface area contributed by atoms with Gasteiger partial charge in [-0.3, -0.25) is 14.5 Å². The number of benzene rings is 1. The molecular weight excluding hydrogens is 328 g/mol. The van der Waals surface area contributed by atoms with Crippen molar-refractivity contribution in [1.29, 1.82) is 0 Å². The largest absolute Gasteiger partial charge is 0.360 e.